The van der Waals surface area contributed by atoms with E-state index in [0.29, 0.717) is 5.91 Å². The van der Waals surface area contributed by atoms with Gasteiger partial charge in [0.2, 0.25) is 5.91 Å². The average Bonchev–Trinajstić information content (AvgIpc) is 3.03. The first-order valence-electron chi connectivity index (χ1n) is 8.54. The molecule has 4 rings (SSSR count). The van der Waals surface area contributed by atoms with Crippen molar-refractivity contribution in [3.63, 3.8) is 0 Å². The molecule has 5 nitrogen and oxygen atoms in total. The van der Waals surface area contributed by atoms with Crippen LogP contribution in [0.25, 0.3) is 10.2 Å². The van der Waals surface area contributed by atoms with Crippen LogP contribution in [0, 0.1) is 12.8 Å². The number of thioether (sulfide) groups is 1. The highest BCUT2D eigenvalue weighted by Crippen LogP contribution is 2.33. The van der Waals surface area contributed by atoms with Crippen LogP contribution in [-0.4, -0.2) is 58.5 Å². The van der Waals surface area contributed by atoms with Crippen molar-refractivity contribution in [1.29, 1.82) is 0 Å². The fourth-order valence-corrected chi connectivity index (χ4v) is 5.48. The third kappa shape index (κ3) is 2.99. The predicted molar refractivity (Wildman–Crippen MR) is 101 cm³/mol. The first-order valence-corrected chi connectivity index (χ1v) is 10.6. The fraction of sp³-hybridized carbons (Fsp3) is 0.588. The molecule has 0 atom stereocenters. The van der Waals surface area contributed by atoms with E-state index >= 15 is 0 Å². The Hall–Kier alpha value is -1.34. The molecule has 0 bridgehead atoms. The van der Waals surface area contributed by atoms with E-state index < -0.39 is 0 Å². The Bertz CT molecular complexity index is 733. The van der Waals surface area contributed by atoms with Crippen LogP contribution < -0.4 is 4.90 Å². The van der Waals surface area contributed by atoms with E-state index in [1.807, 2.05) is 11.8 Å². The number of rotatable bonds is 2. The molecule has 2 aliphatic heterocycles. The monoisotopic (exact) mass is 362 g/mol. The van der Waals surface area contributed by atoms with Gasteiger partial charge < -0.3 is 9.80 Å². The number of hydrogen-bond acceptors (Lipinski definition) is 6. The number of hydrogen-bond donors (Lipinski definition) is 0. The summed E-state index contributed by atoms with van der Waals surface area (Å²) in [6, 6.07) is 0. The molecule has 0 aromatic carbocycles. The number of anilines is 1. The van der Waals surface area contributed by atoms with Gasteiger partial charge in [-0.25, -0.2) is 9.97 Å². The lowest BCUT2D eigenvalue weighted by molar-refractivity contribution is -0.135. The number of nitrogens with zero attached hydrogens (tertiary/aromatic N) is 4. The Morgan fingerprint density at radius 1 is 1.17 bits per heavy atom. The maximum absolute atomic E-state index is 12.7. The fourth-order valence-electron chi connectivity index (χ4n) is 3.56. The van der Waals surface area contributed by atoms with Crippen molar-refractivity contribution in [1.82, 2.24) is 14.9 Å². The SMILES string of the molecule is Cc1csc2c(N3CCC(C(=O)N4CCSCC4)CC3)ncnc12. The number of fused-ring (bicyclic) bond motifs is 1. The van der Waals surface area contributed by atoms with E-state index in [1.54, 1.807) is 17.7 Å². The molecule has 24 heavy (non-hydrogen) atoms. The molecule has 0 unspecified atom stereocenters. The number of carbonyl (C=O) groups is 1. The topological polar surface area (TPSA) is 49.3 Å². The standard InChI is InChI=1S/C17H22N4OS2/c1-12-10-24-15-14(12)18-11-19-16(15)20-4-2-13(3-5-20)17(22)21-6-8-23-9-7-21/h10-11,13H,2-9H2,1H3. The van der Waals surface area contributed by atoms with Crippen LogP contribution in [-0.2, 0) is 4.79 Å². The highest BCUT2D eigenvalue weighted by molar-refractivity contribution is 7.99. The van der Waals surface area contributed by atoms with Crippen molar-refractivity contribution >= 4 is 45.0 Å². The van der Waals surface area contributed by atoms with Crippen LogP contribution in [0.2, 0.25) is 0 Å². The summed E-state index contributed by atoms with van der Waals surface area (Å²) in [5, 5.41) is 2.15. The van der Waals surface area contributed by atoms with Crippen molar-refractivity contribution < 1.29 is 4.79 Å². The summed E-state index contributed by atoms with van der Waals surface area (Å²) in [4.78, 5) is 26.0. The van der Waals surface area contributed by atoms with Crippen molar-refractivity contribution in [2.24, 2.45) is 5.92 Å². The Kier molecular flexibility index (Phi) is 4.63. The van der Waals surface area contributed by atoms with Crippen LogP contribution in [0.3, 0.4) is 0 Å². The van der Waals surface area contributed by atoms with Gasteiger partial charge in [-0.2, -0.15) is 11.8 Å². The molecule has 2 saturated heterocycles. The average molecular weight is 363 g/mol. The van der Waals surface area contributed by atoms with Crippen LogP contribution >= 0.6 is 23.1 Å². The van der Waals surface area contributed by atoms with Crippen LogP contribution in [0.5, 0.6) is 0 Å². The third-order valence-electron chi connectivity index (χ3n) is 4.98. The minimum absolute atomic E-state index is 0.187. The summed E-state index contributed by atoms with van der Waals surface area (Å²) in [6.07, 6.45) is 3.52. The maximum Gasteiger partial charge on any atom is 0.225 e. The molecule has 2 aliphatic rings. The molecule has 4 heterocycles. The normalized spacial score (nSPS) is 19.9. The highest BCUT2D eigenvalue weighted by atomic mass is 32.2. The minimum Gasteiger partial charge on any atom is -0.355 e. The summed E-state index contributed by atoms with van der Waals surface area (Å²) < 4.78 is 1.17. The van der Waals surface area contributed by atoms with Gasteiger partial charge in [0.05, 0.1) is 10.2 Å². The zero-order chi connectivity index (χ0) is 16.5. The molecule has 2 aromatic heterocycles. The zero-order valence-corrected chi connectivity index (χ0v) is 15.5. The Labute approximate surface area is 150 Å². The second-order valence-corrected chi connectivity index (χ2v) is 8.60. The Morgan fingerprint density at radius 2 is 1.92 bits per heavy atom. The third-order valence-corrected chi connectivity index (χ3v) is 7.00. The molecule has 1 amide bonds. The number of aromatic nitrogens is 2. The Morgan fingerprint density at radius 3 is 2.67 bits per heavy atom. The van der Waals surface area contributed by atoms with E-state index in [4.69, 9.17) is 0 Å². The molecular formula is C17H22N4OS2. The minimum atomic E-state index is 0.187. The van der Waals surface area contributed by atoms with E-state index in [0.717, 1.165) is 61.9 Å². The van der Waals surface area contributed by atoms with Crippen molar-refractivity contribution in [3.05, 3.63) is 17.3 Å². The summed E-state index contributed by atoms with van der Waals surface area (Å²) in [5.41, 5.74) is 2.28. The molecule has 7 heteroatoms. The lowest BCUT2D eigenvalue weighted by Gasteiger charge is -2.36. The summed E-state index contributed by atoms with van der Waals surface area (Å²) in [5.74, 6) is 3.77. The number of carbonyl (C=O) groups excluding carboxylic acids is 1. The maximum atomic E-state index is 12.7. The lowest BCUT2D eigenvalue weighted by Crippen LogP contribution is -2.45. The van der Waals surface area contributed by atoms with Crippen LogP contribution in [0.1, 0.15) is 18.4 Å². The molecule has 128 valence electrons. The zero-order valence-electron chi connectivity index (χ0n) is 13.9. The molecular weight excluding hydrogens is 340 g/mol. The molecule has 2 aromatic rings. The van der Waals surface area contributed by atoms with Gasteiger partial charge in [-0.1, -0.05) is 0 Å². The van der Waals surface area contributed by atoms with Gasteiger partial charge in [0, 0.05) is 43.6 Å². The second kappa shape index (κ2) is 6.88. The summed E-state index contributed by atoms with van der Waals surface area (Å²) >= 11 is 3.67. The van der Waals surface area contributed by atoms with E-state index in [2.05, 4.69) is 32.1 Å². The van der Waals surface area contributed by atoms with Gasteiger partial charge in [0.25, 0.3) is 0 Å². The van der Waals surface area contributed by atoms with Gasteiger partial charge >= 0.3 is 0 Å². The van der Waals surface area contributed by atoms with E-state index in [-0.39, 0.29) is 5.92 Å². The predicted octanol–water partition coefficient (Wildman–Crippen LogP) is 2.79. The second-order valence-electron chi connectivity index (χ2n) is 6.49. The smallest absolute Gasteiger partial charge is 0.225 e. The lowest BCUT2D eigenvalue weighted by atomic mass is 9.95. The van der Waals surface area contributed by atoms with Gasteiger partial charge in [-0.15, -0.1) is 11.3 Å². The molecule has 0 radical (unpaired) electrons. The van der Waals surface area contributed by atoms with Gasteiger partial charge in [-0.05, 0) is 30.7 Å². The van der Waals surface area contributed by atoms with E-state index in [9.17, 15) is 4.79 Å². The molecule has 0 saturated carbocycles. The van der Waals surface area contributed by atoms with Crippen LogP contribution in [0.15, 0.2) is 11.7 Å². The molecule has 0 aliphatic carbocycles. The first kappa shape index (κ1) is 16.1. The molecule has 0 N–H and O–H groups in total. The summed E-state index contributed by atoms with van der Waals surface area (Å²) in [7, 11) is 0. The largest absolute Gasteiger partial charge is 0.355 e. The van der Waals surface area contributed by atoms with Crippen molar-refractivity contribution in [2.75, 3.05) is 42.6 Å². The van der Waals surface area contributed by atoms with Gasteiger partial charge in [0.15, 0.2) is 0 Å². The van der Waals surface area contributed by atoms with Gasteiger partial charge in [-0.3, -0.25) is 4.79 Å². The number of thiophene rings is 1. The molecule has 2 fully saturated rings. The first-order chi connectivity index (χ1) is 11.7. The highest BCUT2D eigenvalue weighted by Gasteiger charge is 2.30. The quantitative estimate of drug-likeness (QED) is 0.822. The Balaban J connectivity index is 1.44. The van der Waals surface area contributed by atoms with Crippen molar-refractivity contribution in [2.45, 2.75) is 19.8 Å². The summed E-state index contributed by atoms with van der Waals surface area (Å²) in [6.45, 7) is 5.75. The number of piperidine rings is 1. The van der Waals surface area contributed by atoms with Crippen molar-refractivity contribution in [3.8, 4) is 0 Å². The van der Waals surface area contributed by atoms with E-state index in [1.165, 1.54) is 10.3 Å². The van der Waals surface area contributed by atoms with Gasteiger partial charge in [0.1, 0.15) is 12.1 Å². The number of aryl methyl sites for hydroxylation is 1. The molecule has 0 spiro atoms. The van der Waals surface area contributed by atoms with Crippen LogP contribution in [0.4, 0.5) is 5.82 Å². The number of amides is 1.